The van der Waals surface area contributed by atoms with Crippen LogP contribution in [0.15, 0.2) is 54.6 Å². The molecule has 1 aromatic heterocycles. The van der Waals surface area contributed by atoms with Crippen molar-refractivity contribution < 1.29 is 20.1 Å². The van der Waals surface area contributed by atoms with Crippen molar-refractivity contribution in [2.45, 2.75) is 12.5 Å². The van der Waals surface area contributed by atoms with Crippen LogP contribution in [0.2, 0.25) is 5.02 Å². The molecule has 7 nitrogen and oxygen atoms in total. The molecule has 0 bridgehead atoms. The molecule has 1 fully saturated rings. The van der Waals surface area contributed by atoms with Crippen LogP contribution in [0, 0.1) is 0 Å². The second-order valence-electron chi connectivity index (χ2n) is 6.49. The van der Waals surface area contributed by atoms with E-state index in [1.54, 1.807) is 18.2 Å². The number of β-amino-alcohol motifs (C(OH)–C–C–N with tert-alkyl or cyclic N) is 1. The van der Waals surface area contributed by atoms with Crippen LogP contribution in [0.1, 0.15) is 6.42 Å². The normalized spacial score (nSPS) is 15.5. The molecule has 2 aromatic carbocycles. The number of anilines is 1. The summed E-state index contributed by atoms with van der Waals surface area (Å²) in [7, 11) is 0. The number of carbonyl (C=O) groups is 1. The Kier molecular flexibility index (Phi) is 6.64. The number of phenolic OH excluding ortho intramolecular Hbond substituents is 1. The SMILES string of the molecule is O=CO.Oc1cccc(-c2nc(-c3ccc(Cl)cc3)cc(N3CC[C@H](O)C3)n2)c1. The van der Waals surface area contributed by atoms with E-state index in [0.29, 0.717) is 17.4 Å². The van der Waals surface area contributed by atoms with Gasteiger partial charge >= 0.3 is 0 Å². The van der Waals surface area contributed by atoms with Gasteiger partial charge in [-0.05, 0) is 30.7 Å². The lowest BCUT2D eigenvalue weighted by Crippen LogP contribution is -2.22. The van der Waals surface area contributed by atoms with Crippen molar-refractivity contribution in [3.63, 3.8) is 0 Å². The molecule has 0 spiro atoms. The third-order valence-electron chi connectivity index (χ3n) is 4.44. The number of aliphatic hydroxyl groups excluding tert-OH is 1. The quantitative estimate of drug-likeness (QED) is 0.564. The molecule has 1 saturated heterocycles. The zero-order valence-corrected chi connectivity index (χ0v) is 16.2. The van der Waals surface area contributed by atoms with Gasteiger partial charge in [0.15, 0.2) is 5.82 Å². The average molecular weight is 414 g/mol. The molecule has 1 atom stereocenters. The Morgan fingerprint density at radius 2 is 1.79 bits per heavy atom. The molecular formula is C21H20ClN3O4. The summed E-state index contributed by atoms with van der Waals surface area (Å²) >= 11 is 6.00. The lowest BCUT2D eigenvalue weighted by Gasteiger charge is -2.18. The van der Waals surface area contributed by atoms with Crippen LogP contribution in [-0.2, 0) is 4.79 Å². The number of nitrogens with zero attached hydrogens (tertiary/aromatic N) is 3. The standard InChI is InChI=1S/C20H18ClN3O2.CH2O2/c21-15-6-4-13(5-7-15)18-11-19(24-9-8-17(26)12-24)23-20(22-18)14-2-1-3-16(25)10-14;2-1-3/h1-7,10-11,17,25-26H,8-9,12H2;1H,(H,2,3)/t17-;/m0./s1. The average Bonchev–Trinajstić information content (AvgIpc) is 3.15. The summed E-state index contributed by atoms with van der Waals surface area (Å²) in [6, 6.07) is 16.3. The van der Waals surface area contributed by atoms with Gasteiger partial charge in [0.25, 0.3) is 6.47 Å². The van der Waals surface area contributed by atoms with E-state index in [2.05, 4.69) is 14.9 Å². The van der Waals surface area contributed by atoms with Crippen molar-refractivity contribution in [2.75, 3.05) is 18.0 Å². The lowest BCUT2D eigenvalue weighted by atomic mass is 10.1. The van der Waals surface area contributed by atoms with Crippen molar-refractivity contribution in [1.29, 1.82) is 0 Å². The van der Waals surface area contributed by atoms with E-state index in [0.717, 1.165) is 35.6 Å². The van der Waals surface area contributed by atoms with Gasteiger partial charge in [-0.25, -0.2) is 9.97 Å². The first-order valence-corrected chi connectivity index (χ1v) is 9.33. The molecule has 29 heavy (non-hydrogen) atoms. The monoisotopic (exact) mass is 413 g/mol. The predicted octanol–water partition coefficient (Wildman–Crippen LogP) is 3.44. The molecular weight excluding hydrogens is 394 g/mol. The second kappa shape index (κ2) is 9.36. The number of hydrogen-bond acceptors (Lipinski definition) is 6. The van der Waals surface area contributed by atoms with E-state index in [4.69, 9.17) is 21.5 Å². The number of carboxylic acid groups (broad SMARTS) is 1. The largest absolute Gasteiger partial charge is 0.508 e. The molecule has 3 aromatic rings. The molecule has 4 rings (SSSR count). The summed E-state index contributed by atoms with van der Waals surface area (Å²) in [4.78, 5) is 19.8. The van der Waals surface area contributed by atoms with Crippen LogP contribution in [0.4, 0.5) is 5.82 Å². The van der Waals surface area contributed by atoms with Gasteiger partial charge < -0.3 is 20.2 Å². The highest BCUT2D eigenvalue weighted by Crippen LogP contribution is 2.29. The maximum absolute atomic E-state index is 9.87. The number of aliphatic hydroxyl groups is 1. The molecule has 1 aliphatic heterocycles. The topological polar surface area (TPSA) is 107 Å². The van der Waals surface area contributed by atoms with Crippen LogP contribution >= 0.6 is 11.6 Å². The number of hydrogen-bond donors (Lipinski definition) is 3. The van der Waals surface area contributed by atoms with Crippen molar-refractivity contribution in [3.8, 4) is 28.4 Å². The highest BCUT2D eigenvalue weighted by Gasteiger charge is 2.23. The zero-order valence-electron chi connectivity index (χ0n) is 15.4. The summed E-state index contributed by atoms with van der Waals surface area (Å²) < 4.78 is 0. The molecule has 0 amide bonds. The highest BCUT2D eigenvalue weighted by molar-refractivity contribution is 6.30. The van der Waals surface area contributed by atoms with E-state index in [9.17, 15) is 10.2 Å². The number of rotatable bonds is 3. The summed E-state index contributed by atoms with van der Waals surface area (Å²) in [5.41, 5.74) is 2.44. The van der Waals surface area contributed by atoms with Gasteiger partial charge in [-0.15, -0.1) is 0 Å². The van der Waals surface area contributed by atoms with E-state index < -0.39 is 0 Å². The number of aromatic nitrogens is 2. The minimum Gasteiger partial charge on any atom is -0.508 e. The van der Waals surface area contributed by atoms with Gasteiger partial charge in [0.1, 0.15) is 11.6 Å². The van der Waals surface area contributed by atoms with Gasteiger partial charge in [0.05, 0.1) is 11.8 Å². The third kappa shape index (κ3) is 5.22. The Morgan fingerprint density at radius 1 is 1.07 bits per heavy atom. The van der Waals surface area contributed by atoms with Gasteiger partial charge in [-0.2, -0.15) is 0 Å². The maximum atomic E-state index is 9.87. The summed E-state index contributed by atoms with van der Waals surface area (Å²) in [5.74, 6) is 1.46. The van der Waals surface area contributed by atoms with E-state index in [1.807, 2.05) is 36.4 Å². The Morgan fingerprint density at radius 3 is 2.41 bits per heavy atom. The van der Waals surface area contributed by atoms with Crippen LogP contribution < -0.4 is 4.90 Å². The Hall–Kier alpha value is -3.16. The van der Waals surface area contributed by atoms with Crippen molar-refractivity contribution in [2.24, 2.45) is 0 Å². The fourth-order valence-electron chi connectivity index (χ4n) is 3.09. The van der Waals surface area contributed by atoms with Crippen molar-refractivity contribution in [1.82, 2.24) is 9.97 Å². The molecule has 8 heteroatoms. The molecule has 0 radical (unpaired) electrons. The van der Waals surface area contributed by atoms with Gasteiger partial charge in [-0.3, -0.25) is 4.79 Å². The van der Waals surface area contributed by atoms with Crippen LogP contribution in [0.3, 0.4) is 0 Å². The maximum Gasteiger partial charge on any atom is 0.290 e. The molecule has 0 saturated carbocycles. The molecule has 3 N–H and O–H groups in total. The first-order valence-electron chi connectivity index (χ1n) is 8.95. The van der Waals surface area contributed by atoms with Gasteiger partial charge in [0.2, 0.25) is 0 Å². The summed E-state index contributed by atoms with van der Waals surface area (Å²) in [6.45, 7) is 1.05. The van der Waals surface area contributed by atoms with Gasteiger partial charge in [-0.1, -0.05) is 35.9 Å². The molecule has 0 unspecified atom stereocenters. The number of halogens is 1. The highest BCUT2D eigenvalue weighted by atomic mass is 35.5. The van der Waals surface area contributed by atoms with Crippen molar-refractivity contribution in [3.05, 3.63) is 59.6 Å². The van der Waals surface area contributed by atoms with Crippen LogP contribution in [-0.4, -0.2) is 51.0 Å². The summed E-state index contributed by atoms with van der Waals surface area (Å²) in [5, 5.41) is 27.2. The minimum atomic E-state index is -0.340. The lowest BCUT2D eigenvalue weighted by molar-refractivity contribution is -0.122. The molecule has 2 heterocycles. The first-order chi connectivity index (χ1) is 14.0. The molecule has 150 valence electrons. The first kappa shape index (κ1) is 20.6. The third-order valence-corrected chi connectivity index (χ3v) is 4.70. The molecule has 1 aliphatic rings. The Labute approximate surface area is 172 Å². The Bertz CT molecular complexity index is 982. The van der Waals surface area contributed by atoms with E-state index >= 15 is 0 Å². The summed E-state index contributed by atoms with van der Waals surface area (Å²) in [6.07, 6.45) is 0.384. The zero-order chi connectivity index (χ0) is 20.8. The van der Waals surface area contributed by atoms with Crippen LogP contribution in [0.25, 0.3) is 22.6 Å². The van der Waals surface area contributed by atoms with Crippen LogP contribution in [0.5, 0.6) is 5.75 Å². The predicted molar refractivity (Wildman–Crippen MR) is 111 cm³/mol. The smallest absolute Gasteiger partial charge is 0.290 e. The van der Waals surface area contributed by atoms with Gasteiger partial charge in [0, 0.05) is 35.3 Å². The fourth-order valence-corrected chi connectivity index (χ4v) is 3.21. The van der Waals surface area contributed by atoms with Crippen molar-refractivity contribution >= 4 is 23.9 Å². The van der Waals surface area contributed by atoms with E-state index in [1.165, 1.54) is 0 Å². The van der Waals surface area contributed by atoms with E-state index in [-0.39, 0.29) is 18.3 Å². The molecule has 0 aliphatic carbocycles. The Balaban J connectivity index is 0.000000755. The minimum absolute atomic E-state index is 0.168. The fraction of sp³-hybridized carbons (Fsp3) is 0.190. The number of benzene rings is 2. The second-order valence-corrected chi connectivity index (χ2v) is 6.92. The number of phenols is 1. The number of aromatic hydroxyl groups is 1.